The molecular weight excluding hydrogens is 427 g/mol. The van der Waals surface area contributed by atoms with Crippen LogP contribution < -0.4 is 24.8 Å². The summed E-state index contributed by atoms with van der Waals surface area (Å²) in [6.45, 7) is 1.39. The van der Waals surface area contributed by atoms with Gasteiger partial charge in [0.1, 0.15) is 5.82 Å². The molecule has 1 amide bonds. The number of hydrogen-bond acceptors (Lipinski definition) is 7. The Kier molecular flexibility index (Phi) is 11.0. The normalized spacial score (nSPS) is 9.75. The van der Waals surface area contributed by atoms with E-state index in [1.807, 2.05) is 6.07 Å². The number of amides is 1. The lowest BCUT2D eigenvalue weighted by molar-refractivity contribution is -0.159. The quantitative estimate of drug-likeness (QED) is 0.329. The fraction of sp³-hybridized carbons (Fsp3) is 0.286. The first-order valence-corrected chi connectivity index (χ1v) is 9.24. The first kappa shape index (κ1) is 26.2. The molecule has 0 aliphatic rings. The van der Waals surface area contributed by atoms with Crippen molar-refractivity contribution in [2.75, 3.05) is 34.4 Å². The van der Waals surface area contributed by atoms with Crippen LogP contribution in [-0.2, 0) is 16.1 Å². The zero-order valence-electron chi connectivity index (χ0n) is 17.8. The van der Waals surface area contributed by atoms with E-state index in [1.165, 1.54) is 12.1 Å². The topological polar surface area (TPSA) is 143 Å². The van der Waals surface area contributed by atoms with Gasteiger partial charge in [0.2, 0.25) is 5.75 Å². The van der Waals surface area contributed by atoms with Crippen LogP contribution in [0.5, 0.6) is 17.2 Å². The molecule has 4 N–H and O–H groups in total. The van der Waals surface area contributed by atoms with Gasteiger partial charge in [-0.05, 0) is 18.2 Å². The van der Waals surface area contributed by atoms with Gasteiger partial charge in [0.15, 0.2) is 11.5 Å². The molecular formula is C21H25FN2O8. The second kappa shape index (κ2) is 13.4. The summed E-state index contributed by atoms with van der Waals surface area (Å²) in [5, 5.41) is 20.7. The van der Waals surface area contributed by atoms with Gasteiger partial charge in [-0.2, -0.15) is 0 Å². The van der Waals surface area contributed by atoms with Gasteiger partial charge in [-0.25, -0.2) is 14.0 Å². The van der Waals surface area contributed by atoms with E-state index < -0.39 is 23.7 Å². The third-order valence-corrected chi connectivity index (χ3v) is 3.99. The van der Waals surface area contributed by atoms with Crippen LogP contribution in [0.25, 0.3) is 0 Å². The number of carboxylic acids is 2. The van der Waals surface area contributed by atoms with E-state index in [2.05, 4.69) is 10.6 Å². The van der Waals surface area contributed by atoms with E-state index in [0.717, 1.165) is 5.56 Å². The molecule has 0 atom stereocenters. The minimum absolute atomic E-state index is 0.0362. The van der Waals surface area contributed by atoms with E-state index in [9.17, 15) is 9.18 Å². The number of halogens is 1. The molecule has 0 saturated carbocycles. The molecule has 10 nitrogen and oxygen atoms in total. The maximum absolute atomic E-state index is 13.5. The summed E-state index contributed by atoms with van der Waals surface area (Å²) in [7, 11) is 4.68. The molecule has 0 aromatic heterocycles. The number of benzene rings is 2. The molecule has 0 fully saturated rings. The van der Waals surface area contributed by atoms with Crippen molar-refractivity contribution in [2.45, 2.75) is 6.54 Å². The number of hydrogen-bond donors (Lipinski definition) is 4. The third kappa shape index (κ3) is 7.76. The molecule has 2 aromatic carbocycles. The molecule has 0 unspecified atom stereocenters. The van der Waals surface area contributed by atoms with Crippen LogP contribution >= 0.6 is 0 Å². The second-order valence-electron chi connectivity index (χ2n) is 6.02. The molecule has 0 bridgehead atoms. The fourth-order valence-electron chi connectivity index (χ4n) is 2.53. The maximum atomic E-state index is 13.5. The van der Waals surface area contributed by atoms with Crippen LogP contribution in [0.15, 0.2) is 36.4 Å². The van der Waals surface area contributed by atoms with E-state index in [0.29, 0.717) is 36.9 Å². The molecule has 2 rings (SSSR count). The van der Waals surface area contributed by atoms with Crippen molar-refractivity contribution >= 4 is 17.8 Å². The lowest BCUT2D eigenvalue weighted by Gasteiger charge is -2.16. The molecule has 0 heterocycles. The van der Waals surface area contributed by atoms with Crippen molar-refractivity contribution in [3.05, 3.63) is 53.3 Å². The minimum atomic E-state index is -1.82. The van der Waals surface area contributed by atoms with Crippen molar-refractivity contribution in [1.82, 2.24) is 10.6 Å². The highest BCUT2D eigenvalue weighted by Crippen LogP contribution is 2.39. The summed E-state index contributed by atoms with van der Waals surface area (Å²) in [6.07, 6.45) is 0. The van der Waals surface area contributed by atoms with Gasteiger partial charge in [-0.15, -0.1) is 0 Å². The highest BCUT2D eigenvalue weighted by Gasteiger charge is 2.15. The van der Waals surface area contributed by atoms with Crippen LogP contribution in [-0.4, -0.2) is 62.5 Å². The summed E-state index contributed by atoms with van der Waals surface area (Å²) in [4.78, 5) is 30.1. The average Bonchev–Trinajstić information content (AvgIpc) is 2.78. The van der Waals surface area contributed by atoms with Crippen LogP contribution in [0.1, 0.15) is 15.9 Å². The monoisotopic (exact) mass is 452 g/mol. The maximum Gasteiger partial charge on any atom is 0.414 e. The van der Waals surface area contributed by atoms with Gasteiger partial charge in [-0.3, -0.25) is 4.79 Å². The molecule has 32 heavy (non-hydrogen) atoms. The van der Waals surface area contributed by atoms with Gasteiger partial charge in [0.05, 0.1) is 26.9 Å². The van der Waals surface area contributed by atoms with Gasteiger partial charge >= 0.3 is 11.9 Å². The molecule has 0 saturated heterocycles. The molecule has 0 aliphatic carbocycles. The van der Waals surface area contributed by atoms with Gasteiger partial charge in [0.25, 0.3) is 5.91 Å². The molecule has 2 aromatic rings. The van der Waals surface area contributed by atoms with Gasteiger partial charge in [0, 0.05) is 25.2 Å². The SMILES string of the molecule is COc1ccc(CNCCNC(=O)c2ccccc2F)c(OC)c1OC.O=C(O)C(=O)O. The molecule has 0 aliphatic heterocycles. The van der Waals surface area contributed by atoms with E-state index in [4.69, 9.17) is 34.0 Å². The number of carbonyl (C=O) groups excluding carboxylic acids is 1. The predicted molar refractivity (Wildman–Crippen MR) is 112 cm³/mol. The Morgan fingerprint density at radius 2 is 1.50 bits per heavy atom. The summed E-state index contributed by atoms with van der Waals surface area (Å²) < 4.78 is 29.6. The van der Waals surface area contributed by atoms with Crippen molar-refractivity contribution in [3.8, 4) is 17.2 Å². The van der Waals surface area contributed by atoms with Crippen molar-refractivity contribution in [1.29, 1.82) is 0 Å². The Hall–Kier alpha value is -3.86. The average molecular weight is 452 g/mol. The Bertz CT molecular complexity index is 924. The predicted octanol–water partition coefficient (Wildman–Crippen LogP) is 1.53. The Balaban J connectivity index is 0.000000751. The number of methoxy groups -OCH3 is 3. The van der Waals surface area contributed by atoms with Crippen LogP contribution in [0.4, 0.5) is 4.39 Å². The van der Waals surface area contributed by atoms with Gasteiger partial charge in [-0.1, -0.05) is 18.2 Å². The molecule has 0 spiro atoms. The Labute approximate surface area is 183 Å². The van der Waals surface area contributed by atoms with Crippen LogP contribution in [0.2, 0.25) is 0 Å². The largest absolute Gasteiger partial charge is 0.493 e. The molecule has 0 radical (unpaired) electrons. The third-order valence-electron chi connectivity index (χ3n) is 3.99. The van der Waals surface area contributed by atoms with E-state index >= 15 is 0 Å². The summed E-state index contributed by atoms with van der Waals surface area (Å²) in [6, 6.07) is 9.57. The zero-order chi connectivity index (χ0) is 24.1. The number of rotatable bonds is 9. The van der Waals surface area contributed by atoms with Crippen molar-refractivity contribution in [2.24, 2.45) is 0 Å². The Morgan fingerprint density at radius 3 is 2.03 bits per heavy atom. The molecule has 11 heteroatoms. The fourth-order valence-corrected chi connectivity index (χ4v) is 2.53. The number of carbonyl (C=O) groups is 3. The first-order chi connectivity index (χ1) is 15.3. The lowest BCUT2D eigenvalue weighted by atomic mass is 10.1. The van der Waals surface area contributed by atoms with Crippen LogP contribution in [0.3, 0.4) is 0 Å². The van der Waals surface area contributed by atoms with E-state index in [-0.39, 0.29) is 5.56 Å². The van der Waals surface area contributed by atoms with Crippen molar-refractivity contribution in [3.63, 3.8) is 0 Å². The van der Waals surface area contributed by atoms with E-state index in [1.54, 1.807) is 39.5 Å². The highest BCUT2D eigenvalue weighted by molar-refractivity contribution is 6.27. The highest BCUT2D eigenvalue weighted by atomic mass is 19.1. The number of aliphatic carboxylic acids is 2. The summed E-state index contributed by atoms with van der Waals surface area (Å²) >= 11 is 0. The summed E-state index contributed by atoms with van der Waals surface area (Å²) in [5.41, 5.74) is 0.930. The smallest absolute Gasteiger partial charge is 0.414 e. The number of nitrogens with one attached hydrogen (secondary N) is 2. The standard InChI is InChI=1S/C19H23FN2O4.C2H2O4/c1-24-16-9-8-13(17(25-2)18(16)26-3)12-21-10-11-22-19(23)14-6-4-5-7-15(14)20;3-1(4)2(5)6/h4-9,21H,10-12H2,1-3H3,(H,22,23);(H,3,4)(H,5,6). The Morgan fingerprint density at radius 1 is 0.875 bits per heavy atom. The summed E-state index contributed by atoms with van der Waals surface area (Å²) in [5.74, 6) is -2.91. The number of carboxylic acid groups (broad SMARTS) is 2. The van der Waals surface area contributed by atoms with Gasteiger partial charge < -0.3 is 35.1 Å². The lowest BCUT2D eigenvalue weighted by Crippen LogP contribution is -2.32. The van der Waals surface area contributed by atoms with Crippen LogP contribution in [0, 0.1) is 5.82 Å². The first-order valence-electron chi connectivity index (χ1n) is 9.24. The second-order valence-corrected chi connectivity index (χ2v) is 6.02. The number of ether oxygens (including phenoxy) is 3. The zero-order valence-corrected chi connectivity index (χ0v) is 17.8. The van der Waals surface area contributed by atoms with Crippen molar-refractivity contribution < 1.29 is 43.2 Å². The molecule has 174 valence electrons. The minimum Gasteiger partial charge on any atom is -0.493 e.